The first kappa shape index (κ1) is 20.2. The van der Waals surface area contributed by atoms with Crippen molar-refractivity contribution in [1.29, 1.82) is 0 Å². The standard InChI is InChI=1S/C20H18F2N2O5/c1-20(17(26)23-19(27)24-20)10-9-12-5-7-14(8-6-12)28-16(25)13-3-2-4-15(11-13)29-18(21)22/h2-8,11,18H,9-10H2,1H3,(H2,23,24,26,27)/t20-/m1/s1. The minimum absolute atomic E-state index is 0.0724. The minimum Gasteiger partial charge on any atom is -0.435 e. The van der Waals surface area contributed by atoms with Gasteiger partial charge in [-0.3, -0.25) is 10.1 Å². The highest BCUT2D eigenvalue weighted by Crippen LogP contribution is 2.21. The van der Waals surface area contributed by atoms with Crippen molar-refractivity contribution in [3.63, 3.8) is 0 Å². The van der Waals surface area contributed by atoms with Gasteiger partial charge in [0.15, 0.2) is 0 Å². The third kappa shape index (κ3) is 5.07. The third-order valence-electron chi connectivity index (χ3n) is 4.46. The maximum Gasteiger partial charge on any atom is 0.387 e. The van der Waals surface area contributed by atoms with E-state index in [-0.39, 0.29) is 23.0 Å². The molecule has 2 aromatic rings. The molecule has 0 saturated carbocycles. The number of hydrogen-bond acceptors (Lipinski definition) is 5. The first-order chi connectivity index (χ1) is 13.7. The summed E-state index contributed by atoms with van der Waals surface area (Å²) in [7, 11) is 0. The molecule has 1 aliphatic heterocycles. The number of ether oxygens (including phenoxy) is 2. The van der Waals surface area contributed by atoms with Gasteiger partial charge in [-0.2, -0.15) is 8.78 Å². The Bertz CT molecular complexity index is 933. The molecule has 1 saturated heterocycles. The van der Waals surface area contributed by atoms with Crippen LogP contribution in [0.25, 0.3) is 0 Å². The molecule has 1 heterocycles. The van der Waals surface area contributed by atoms with E-state index in [9.17, 15) is 23.2 Å². The van der Waals surface area contributed by atoms with E-state index >= 15 is 0 Å². The highest BCUT2D eigenvalue weighted by Gasteiger charge is 2.41. The molecule has 1 atom stereocenters. The lowest BCUT2D eigenvalue weighted by atomic mass is 9.93. The molecule has 1 aliphatic rings. The molecule has 152 valence electrons. The number of aryl methyl sites for hydroxylation is 1. The summed E-state index contributed by atoms with van der Waals surface area (Å²) in [6, 6.07) is 11.4. The number of carbonyl (C=O) groups excluding carboxylic acids is 3. The largest absolute Gasteiger partial charge is 0.435 e. The zero-order chi connectivity index (χ0) is 21.0. The Kier molecular flexibility index (Phi) is 5.76. The summed E-state index contributed by atoms with van der Waals surface area (Å²) in [6.45, 7) is -1.34. The maximum atomic E-state index is 12.3. The Balaban J connectivity index is 1.58. The van der Waals surface area contributed by atoms with E-state index in [1.54, 1.807) is 31.2 Å². The van der Waals surface area contributed by atoms with Crippen LogP contribution in [0, 0.1) is 0 Å². The van der Waals surface area contributed by atoms with E-state index in [0.29, 0.717) is 12.8 Å². The fourth-order valence-electron chi connectivity index (χ4n) is 2.84. The van der Waals surface area contributed by atoms with Gasteiger partial charge in [0.25, 0.3) is 5.91 Å². The first-order valence-electron chi connectivity index (χ1n) is 8.75. The van der Waals surface area contributed by atoms with Crippen LogP contribution in [0.3, 0.4) is 0 Å². The Morgan fingerprint density at radius 2 is 1.83 bits per heavy atom. The SMILES string of the molecule is C[C@]1(CCc2ccc(OC(=O)c3cccc(OC(F)F)c3)cc2)NC(=O)NC1=O. The van der Waals surface area contributed by atoms with Crippen LogP contribution in [0.15, 0.2) is 48.5 Å². The minimum atomic E-state index is -2.99. The van der Waals surface area contributed by atoms with Crippen LogP contribution in [-0.2, 0) is 11.2 Å². The second kappa shape index (κ2) is 8.26. The topological polar surface area (TPSA) is 93.7 Å². The molecule has 1 fully saturated rings. The van der Waals surface area contributed by atoms with Crippen LogP contribution >= 0.6 is 0 Å². The predicted molar refractivity (Wildman–Crippen MR) is 97.9 cm³/mol. The summed E-state index contributed by atoms with van der Waals surface area (Å²) >= 11 is 0. The number of carbonyl (C=O) groups is 3. The number of imide groups is 1. The van der Waals surface area contributed by atoms with E-state index in [0.717, 1.165) is 5.56 Å². The molecular formula is C20H18F2N2O5. The monoisotopic (exact) mass is 404 g/mol. The van der Waals surface area contributed by atoms with Gasteiger partial charge in [0, 0.05) is 0 Å². The first-order valence-corrected chi connectivity index (χ1v) is 8.75. The fourth-order valence-corrected chi connectivity index (χ4v) is 2.84. The number of amides is 3. The van der Waals surface area contributed by atoms with Crippen LogP contribution in [0.5, 0.6) is 11.5 Å². The third-order valence-corrected chi connectivity index (χ3v) is 4.46. The summed E-state index contributed by atoms with van der Waals surface area (Å²) in [5.74, 6) is -0.945. The Morgan fingerprint density at radius 3 is 2.45 bits per heavy atom. The molecule has 3 amide bonds. The van der Waals surface area contributed by atoms with Crippen LogP contribution in [-0.4, -0.2) is 30.1 Å². The predicted octanol–water partition coefficient (Wildman–Crippen LogP) is 3.04. The van der Waals surface area contributed by atoms with Crippen molar-refractivity contribution in [1.82, 2.24) is 10.6 Å². The van der Waals surface area contributed by atoms with Gasteiger partial charge < -0.3 is 14.8 Å². The highest BCUT2D eigenvalue weighted by atomic mass is 19.3. The van der Waals surface area contributed by atoms with E-state index in [1.807, 2.05) is 0 Å². The molecule has 0 unspecified atom stereocenters. The highest BCUT2D eigenvalue weighted by molar-refractivity contribution is 6.06. The van der Waals surface area contributed by atoms with Gasteiger partial charge in [0.2, 0.25) is 0 Å². The number of benzene rings is 2. The second-order valence-electron chi connectivity index (χ2n) is 6.68. The van der Waals surface area contributed by atoms with Gasteiger partial charge >= 0.3 is 18.6 Å². The number of esters is 1. The lowest BCUT2D eigenvalue weighted by molar-refractivity contribution is -0.123. The number of hydrogen-bond donors (Lipinski definition) is 2. The van der Waals surface area contributed by atoms with Gasteiger partial charge in [-0.1, -0.05) is 18.2 Å². The molecule has 7 nitrogen and oxygen atoms in total. The molecule has 0 bridgehead atoms. The second-order valence-corrected chi connectivity index (χ2v) is 6.68. The lowest BCUT2D eigenvalue weighted by Gasteiger charge is -2.20. The number of nitrogens with one attached hydrogen (secondary N) is 2. The van der Waals surface area contributed by atoms with Crippen LogP contribution in [0.4, 0.5) is 13.6 Å². The Labute approximate surface area is 165 Å². The van der Waals surface area contributed by atoms with Gasteiger partial charge in [0.05, 0.1) is 5.56 Å². The Hall–Kier alpha value is -3.49. The van der Waals surface area contributed by atoms with E-state index in [1.165, 1.54) is 24.3 Å². The van der Waals surface area contributed by atoms with Gasteiger partial charge in [0.1, 0.15) is 17.0 Å². The molecular weight excluding hydrogens is 386 g/mol. The van der Waals surface area contributed by atoms with Crippen LogP contribution in [0.2, 0.25) is 0 Å². The zero-order valence-electron chi connectivity index (χ0n) is 15.4. The number of rotatable bonds is 7. The fraction of sp³-hybridized carbons (Fsp3) is 0.250. The van der Waals surface area contributed by atoms with Crippen molar-refractivity contribution < 1.29 is 32.6 Å². The van der Waals surface area contributed by atoms with Gasteiger partial charge in [-0.05, 0) is 55.7 Å². The van der Waals surface area contributed by atoms with Crippen molar-refractivity contribution in [2.24, 2.45) is 0 Å². The van der Waals surface area contributed by atoms with Crippen LogP contribution < -0.4 is 20.1 Å². The summed E-state index contributed by atoms with van der Waals surface area (Å²) in [5, 5.41) is 4.80. The molecule has 0 spiro atoms. The van der Waals surface area contributed by atoms with E-state index < -0.39 is 24.2 Å². The normalized spacial score (nSPS) is 18.3. The molecule has 0 radical (unpaired) electrons. The zero-order valence-corrected chi connectivity index (χ0v) is 15.4. The molecule has 2 N–H and O–H groups in total. The van der Waals surface area contributed by atoms with Crippen molar-refractivity contribution in [2.45, 2.75) is 31.9 Å². The number of alkyl halides is 2. The molecule has 9 heteroatoms. The number of halogens is 2. The van der Waals surface area contributed by atoms with Crippen molar-refractivity contribution in [3.05, 3.63) is 59.7 Å². The molecule has 3 rings (SSSR count). The molecule has 0 aliphatic carbocycles. The summed E-state index contributed by atoms with van der Waals surface area (Å²) in [5.41, 5.74) is -0.0106. The lowest BCUT2D eigenvalue weighted by Crippen LogP contribution is -2.43. The summed E-state index contributed by atoms with van der Waals surface area (Å²) in [6.07, 6.45) is 0.923. The van der Waals surface area contributed by atoms with E-state index in [2.05, 4.69) is 15.4 Å². The van der Waals surface area contributed by atoms with Crippen molar-refractivity contribution >= 4 is 17.9 Å². The smallest absolute Gasteiger partial charge is 0.387 e. The average molecular weight is 404 g/mol. The molecule has 29 heavy (non-hydrogen) atoms. The summed E-state index contributed by atoms with van der Waals surface area (Å²) in [4.78, 5) is 35.3. The van der Waals surface area contributed by atoms with Crippen molar-refractivity contribution in [3.8, 4) is 11.5 Å². The van der Waals surface area contributed by atoms with Gasteiger partial charge in [-0.15, -0.1) is 0 Å². The average Bonchev–Trinajstić information content (AvgIpc) is 2.93. The molecule has 2 aromatic carbocycles. The number of urea groups is 1. The van der Waals surface area contributed by atoms with Crippen molar-refractivity contribution in [2.75, 3.05) is 0 Å². The quantitative estimate of drug-likeness (QED) is 0.420. The van der Waals surface area contributed by atoms with E-state index in [4.69, 9.17) is 4.74 Å². The van der Waals surface area contributed by atoms with Gasteiger partial charge in [-0.25, -0.2) is 9.59 Å². The maximum absolute atomic E-state index is 12.3. The summed E-state index contributed by atoms with van der Waals surface area (Å²) < 4.78 is 34.1. The van der Waals surface area contributed by atoms with Crippen LogP contribution in [0.1, 0.15) is 29.3 Å². The molecule has 0 aromatic heterocycles. The Morgan fingerprint density at radius 1 is 1.10 bits per heavy atom.